The Balaban J connectivity index is 2.36. The predicted octanol–water partition coefficient (Wildman–Crippen LogP) is 1.55. The number of nitrogens with zero attached hydrogens (tertiary/aromatic N) is 1. The van der Waals surface area contributed by atoms with Crippen LogP contribution in [0, 0.1) is 0 Å². The molecule has 1 aromatic rings. The van der Waals surface area contributed by atoms with Gasteiger partial charge in [0.15, 0.2) is 0 Å². The van der Waals surface area contributed by atoms with Crippen molar-refractivity contribution in [3.63, 3.8) is 0 Å². The van der Waals surface area contributed by atoms with Crippen LogP contribution in [-0.2, 0) is 18.1 Å². The number of fused-ring (bicyclic) bond motifs is 1. The fraction of sp³-hybridized carbons (Fsp3) is 0.444. The zero-order valence-corrected chi connectivity index (χ0v) is 7.95. The Kier molecular flexibility index (Phi) is 2.33. The highest BCUT2D eigenvalue weighted by Crippen LogP contribution is 2.31. The quantitative estimate of drug-likeness (QED) is 0.747. The van der Waals surface area contributed by atoms with E-state index in [4.69, 9.17) is 0 Å². The first-order valence-electron chi connectivity index (χ1n) is 4.09. The summed E-state index contributed by atoms with van der Waals surface area (Å²) in [6.07, 6.45) is 3.97. The maximum absolute atomic E-state index is 4.22. The van der Waals surface area contributed by atoms with Crippen LogP contribution in [0.4, 0.5) is 0 Å². The fourth-order valence-electron chi connectivity index (χ4n) is 1.49. The van der Waals surface area contributed by atoms with Crippen molar-refractivity contribution in [2.75, 3.05) is 7.05 Å². The molecule has 0 saturated heterocycles. The van der Waals surface area contributed by atoms with Gasteiger partial charge >= 0.3 is 0 Å². The Morgan fingerprint density at radius 2 is 2.42 bits per heavy atom. The first-order chi connectivity index (χ1) is 5.92. The van der Waals surface area contributed by atoms with Gasteiger partial charge in [0.05, 0.1) is 0 Å². The molecule has 0 bridgehead atoms. The van der Waals surface area contributed by atoms with Crippen molar-refractivity contribution in [2.45, 2.75) is 18.1 Å². The van der Waals surface area contributed by atoms with Gasteiger partial charge in [0.2, 0.25) is 0 Å². The van der Waals surface area contributed by atoms with Crippen LogP contribution in [0.2, 0.25) is 0 Å². The third kappa shape index (κ3) is 1.34. The van der Waals surface area contributed by atoms with E-state index in [1.807, 2.05) is 31.2 Å². The maximum atomic E-state index is 4.22. The normalized spacial score (nSPS) is 14.8. The van der Waals surface area contributed by atoms with E-state index in [0.717, 1.165) is 18.1 Å². The SMILES string of the molecule is CNCc1cncc2c1CSC2. The van der Waals surface area contributed by atoms with E-state index in [0.29, 0.717) is 0 Å². The Bertz CT molecular complexity index is 286. The molecule has 3 heteroatoms. The van der Waals surface area contributed by atoms with Crippen LogP contribution in [0.5, 0.6) is 0 Å². The van der Waals surface area contributed by atoms with Gasteiger partial charge in [-0.1, -0.05) is 0 Å². The van der Waals surface area contributed by atoms with E-state index < -0.39 is 0 Å². The molecule has 0 aliphatic carbocycles. The minimum Gasteiger partial charge on any atom is -0.316 e. The van der Waals surface area contributed by atoms with Crippen LogP contribution >= 0.6 is 11.8 Å². The van der Waals surface area contributed by atoms with Gasteiger partial charge in [0, 0.05) is 30.4 Å². The van der Waals surface area contributed by atoms with Crippen molar-refractivity contribution in [3.8, 4) is 0 Å². The number of hydrogen-bond acceptors (Lipinski definition) is 3. The van der Waals surface area contributed by atoms with E-state index in [1.54, 1.807) is 0 Å². The first-order valence-corrected chi connectivity index (χ1v) is 5.24. The molecule has 1 aliphatic heterocycles. The minimum atomic E-state index is 0.941. The third-order valence-electron chi connectivity index (χ3n) is 2.11. The van der Waals surface area contributed by atoms with E-state index in [-0.39, 0.29) is 0 Å². The molecule has 2 heterocycles. The number of pyridine rings is 1. The van der Waals surface area contributed by atoms with Crippen LogP contribution in [0.3, 0.4) is 0 Å². The number of nitrogens with one attached hydrogen (secondary N) is 1. The summed E-state index contributed by atoms with van der Waals surface area (Å²) in [5.41, 5.74) is 4.29. The van der Waals surface area contributed by atoms with Gasteiger partial charge in [0.25, 0.3) is 0 Å². The van der Waals surface area contributed by atoms with E-state index >= 15 is 0 Å². The maximum Gasteiger partial charge on any atom is 0.0316 e. The van der Waals surface area contributed by atoms with Crippen molar-refractivity contribution >= 4 is 11.8 Å². The average molecular weight is 180 g/mol. The second kappa shape index (κ2) is 3.46. The Labute approximate surface area is 76.8 Å². The molecule has 1 aromatic heterocycles. The van der Waals surface area contributed by atoms with Gasteiger partial charge in [0.1, 0.15) is 0 Å². The Morgan fingerprint density at radius 1 is 1.50 bits per heavy atom. The molecule has 12 heavy (non-hydrogen) atoms. The lowest BCUT2D eigenvalue weighted by atomic mass is 10.1. The standard InChI is InChI=1S/C9H12N2S/c1-10-2-7-3-11-4-8-5-12-6-9(7)8/h3-4,10H,2,5-6H2,1H3. The van der Waals surface area contributed by atoms with Gasteiger partial charge in [-0.3, -0.25) is 4.98 Å². The molecule has 0 unspecified atom stereocenters. The van der Waals surface area contributed by atoms with Crippen molar-refractivity contribution in [3.05, 3.63) is 29.1 Å². The first kappa shape index (κ1) is 8.08. The highest BCUT2D eigenvalue weighted by molar-refractivity contribution is 7.98. The van der Waals surface area contributed by atoms with Crippen molar-refractivity contribution in [1.82, 2.24) is 10.3 Å². The fourth-order valence-corrected chi connectivity index (χ4v) is 2.64. The smallest absolute Gasteiger partial charge is 0.0316 e. The lowest BCUT2D eigenvalue weighted by Gasteiger charge is -2.05. The van der Waals surface area contributed by atoms with Gasteiger partial charge in [-0.2, -0.15) is 11.8 Å². The molecule has 0 amide bonds. The highest BCUT2D eigenvalue weighted by atomic mass is 32.2. The van der Waals surface area contributed by atoms with Crippen LogP contribution in [-0.4, -0.2) is 12.0 Å². The molecule has 0 saturated carbocycles. The molecule has 0 fully saturated rings. The molecule has 2 nitrogen and oxygen atoms in total. The number of thioether (sulfide) groups is 1. The molecular formula is C9H12N2S. The molecule has 2 rings (SSSR count). The van der Waals surface area contributed by atoms with Crippen LogP contribution < -0.4 is 5.32 Å². The summed E-state index contributed by atoms with van der Waals surface area (Å²) in [4.78, 5) is 4.22. The number of rotatable bonds is 2. The van der Waals surface area contributed by atoms with E-state index in [9.17, 15) is 0 Å². The second-order valence-corrected chi connectivity index (χ2v) is 3.95. The van der Waals surface area contributed by atoms with Gasteiger partial charge in [-0.05, 0) is 23.7 Å². The van der Waals surface area contributed by atoms with Crippen LogP contribution in [0.15, 0.2) is 12.4 Å². The molecule has 0 spiro atoms. The second-order valence-electron chi connectivity index (χ2n) is 2.96. The van der Waals surface area contributed by atoms with Gasteiger partial charge < -0.3 is 5.32 Å². The lowest BCUT2D eigenvalue weighted by Crippen LogP contribution is -2.08. The van der Waals surface area contributed by atoms with E-state index in [2.05, 4.69) is 10.3 Å². The summed E-state index contributed by atoms with van der Waals surface area (Å²) >= 11 is 1.98. The largest absolute Gasteiger partial charge is 0.316 e. The minimum absolute atomic E-state index is 0.941. The molecule has 0 atom stereocenters. The summed E-state index contributed by atoms with van der Waals surface area (Å²) in [7, 11) is 1.97. The summed E-state index contributed by atoms with van der Waals surface area (Å²) in [5.74, 6) is 2.30. The average Bonchev–Trinajstić information content (AvgIpc) is 2.53. The summed E-state index contributed by atoms with van der Waals surface area (Å²) in [5, 5.41) is 3.16. The number of hydrogen-bond donors (Lipinski definition) is 1. The van der Waals surface area contributed by atoms with Crippen LogP contribution in [0.25, 0.3) is 0 Å². The monoisotopic (exact) mass is 180 g/mol. The third-order valence-corrected chi connectivity index (χ3v) is 3.12. The molecule has 1 aliphatic rings. The molecule has 0 aromatic carbocycles. The summed E-state index contributed by atoms with van der Waals surface area (Å²) < 4.78 is 0. The number of aromatic nitrogens is 1. The van der Waals surface area contributed by atoms with E-state index in [1.165, 1.54) is 16.7 Å². The molecular weight excluding hydrogens is 168 g/mol. The molecule has 64 valence electrons. The van der Waals surface area contributed by atoms with Gasteiger partial charge in [-0.15, -0.1) is 0 Å². The molecule has 1 N–H and O–H groups in total. The van der Waals surface area contributed by atoms with Gasteiger partial charge in [-0.25, -0.2) is 0 Å². The lowest BCUT2D eigenvalue weighted by molar-refractivity contribution is 0.805. The summed E-state index contributed by atoms with van der Waals surface area (Å²) in [6.45, 7) is 0.941. The Morgan fingerprint density at radius 3 is 3.25 bits per heavy atom. The Hall–Kier alpha value is -0.540. The predicted molar refractivity (Wildman–Crippen MR) is 52.0 cm³/mol. The highest BCUT2D eigenvalue weighted by Gasteiger charge is 2.14. The molecule has 0 radical (unpaired) electrons. The van der Waals surface area contributed by atoms with Crippen LogP contribution in [0.1, 0.15) is 16.7 Å². The zero-order chi connectivity index (χ0) is 8.39. The zero-order valence-electron chi connectivity index (χ0n) is 7.13. The van der Waals surface area contributed by atoms with Crippen molar-refractivity contribution in [1.29, 1.82) is 0 Å². The summed E-state index contributed by atoms with van der Waals surface area (Å²) in [6, 6.07) is 0. The van der Waals surface area contributed by atoms with Crippen molar-refractivity contribution in [2.24, 2.45) is 0 Å². The topological polar surface area (TPSA) is 24.9 Å². The van der Waals surface area contributed by atoms with Crippen molar-refractivity contribution < 1.29 is 0 Å².